The molecule has 2 N–H and O–H groups in total. The second-order valence-electron chi connectivity index (χ2n) is 6.91. The highest BCUT2D eigenvalue weighted by Gasteiger charge is 2.23. The van der Waals surface area contributed by atoms with Crippen LogP contribution in [-0.2, 0) is 11.3 Å². The molecule has 0 aliphatic carbocycles. The number of phenolic OH excluding ortho intramolecular Hbond substituents is 1. The third-order valence-electron chi connectivity index (χ3n) is 5.37. The molecule has 0 saturated carbocycles. The second kappa shape index (κ2) is 7.37. The van der Waals surface area contributed by atoms with Crippen LogP contribution < -0.4 is 4.90 Å². The number of rotatable bonds is 4. The summed E-state index contributed by atoms with van der Waals surface area (Å²) in [5.41, 5.74) is 5.85. The first-order valence-electron chi connectivity index (χ1n) is 8.86. The lowest BCUT2D eigenvalue weighted by atomic mass is 9.87. The minimum atomic E-state index is 0.184. The molecule has 1 fully saturated rings. The number of benzene rings is 2. The van der Waals surface area contributed by atoms with Crippen LogP contribution in [-0.4, -0.2) is 31.4 Å². The predicted octanol–water partition coefficient (Wildman–Crippen LogP) is 2.58. The summed E-state index contributed by atoms with van der Waals surface area (Å²) in [4.78, 5) is 1.49. The van der Waals surface area contributed by atoms with Gasteiger partial charge in [0.05, 0.1) is 18.8 Å². The third kappa shape index (κ3) is 3.47. The summed E-state index contributed by atoms with van der Waals surface area (Å²) in [5.74, 6) is 0.664. The number of ether oxygens (including phenoxy) is 1. The average Bonchev–Trinajstić information content (AvgIpc) is 2.63. The van der Waals surface area contributed by atoms with Gasteiger partial charge < -0.3 is 14.7 Å². The van der Waals surface area contributed by atoms with E-state index in [-0.39, 0.29) is 5.92 Å². The molecule has 1 atom stereocenters. The Labute approximate surface area is 144 Å². The van der Waals surface area contributed by atoms with Gasteiger partial charge in [-0.15, -0.1) is 0 Å². The zero-order chi connectivity index (χ0) is 17.1. The first-order chi connectivity index (χ1) is 11.6. The highest BCUT2D eigenvalue weighted by atomic mass is 16.5. The van der Waals surface area contributed by atoms with Crippen LogP contribution in [0.15, 0.2) is 36.4 Å². The number of morpholine rings is 1. The van der Waals surface area contributed by atoms with E-state index in [9.17, 15) is 5.11 Å². The van der Waals surface area contributed by atoms with Gasteiger partial charge in [-0.25, -0.2) is 0 Å². The molecule has 24 heavy (non-hydrogen) atoms. The molecular formula is C21H28NO2+. The quantitative estimate of drug-likeness (QED) is 0.905. The summed E-state index contributed by atoms with van der Waals surface area (Å²) in [6.45, 7) is 11.0. The SMILES string of the molecule is Cc1cc([C@@H](C)c2ccccc2)c(O)c(C[NH+]2CCOCC2)c1C. The van der Waals surface area contributed by atoms with Crippen molar-refractivity contribution in [3.05, 3.63) is 64.2 Å². The van der Waals surface area contributed by atoms with Gasteiger partial charge in [0, 0.05) is 11.5 Å². The van der Waals surface area contributed by atoms with E-state index in [1.807, 2.05) is 6.07 Å². The van der Waals surface area contributed by atoms with Gasteiger partial charge in [0.2, 0.25) is 0 Å². The monoisotopic (exact) mass is 326 g/mol. The van der Waals surface area contributed by atoms with Gasteiger partial charge in [-0.2, -0.15) is 0 Å². The number of aromatic hydroxyl groups is 1. The number of quaternary nitrogens is 1. The Kier molecular flexibility index (Phi) is 5.22. The molecule has 0 radical (unpaired) electrons. The van der Waals surface area contributed by atoms with Crippen molar-refractivity contribution in [3.63, 3.8) is 0 Å². The van der Waals surface area contributed by atoms with Crippen LogP contribution in [0.25, 0.3) is 0 Å². The van der Waals surface area contributed by atoms with Gasteiger partial charge in [0.1, 0.15) is 25.4 Å². The maximum absolute atomic E-state index is 11.0. The van der Waals surface area contributed by atoms with Gasteiger partial charge >= 0.3 is 0 Å². The Morgan fingerprint density at radius 1 is 1.12 bits per heavy atom. The molecule has 0 spiro atoms. The van der Waals surface area contributed by atoms with E-state index in [1.165, 1.54) is 21.6 Å². The second-order valence-corrected chi connectivity index (χ2v) is 6.91. The lowest BCUT2D eigenvalue weighted by Gasteiger charge is -2.26. The van der Waals surface area contributed by atoms with Crippen LogP contribution in [0, 0.1) is 13.8 Å². The molecule has 1 heterocycles. The Balaban J connectivity index is 1.95. The van der Waals surface area contributed by atoms with Crippen LogP contribution in [0.4, 0.5) is 0 Å². The molecule has 128 valence electrons. The van der Waals surface area contributed by atoms with Gasteiger partial charge in [0.25, 0.3) is 0 Å². The Morgan fingerprint density at radius 3 is 2.46 bits per heavy atom. The van der Waals surface area contributed by atoms with E-state index in [4.69, 9.17) is 4.74 Å². The van der Waals surface area contributed by atoms with E-state index in [0.29, 0.717) is 5.75 Å². The molecule has 0 unspecified atom stereocenters. The molecule has 2 aromatic rings. The Morgan fingerprint density at radius 2 is 1.79 bits per heavy atom. The van der Waals surface area contributed by atoms with Crippen molar-refractivity contribution in [2.75, 3.05) is 26.3 Å². The lowest BCUT2D eigenvalue weighted by molar-refractivity contribution is -0.921. The van der Waals surface area contributed by atoms with E-state index >= 15 is 0 Å². The minimum absolute atomic E-state index is 0.184. The summed E-state index contributed by atoms with van der Waals surface area (Å²) in [5, 5.41) is 11.0. The topological polar surface area (TPSA) is 33.9 Å². The highest BCUT2D eigenvalue weighted by molar-refractivity contribution is 5.52. The van der Waals surface area contributed by atoms with Crippen molar-refractivity contribution >= 4 is 0 Å². The first kappa shape index (κ1) is 17.0. The van der Waals surface area contributed by atoms with Gasteiger partial charge in [-0.3, -0.25) is 0 Å². The fraction of sp³-hybridized carbons (Fsp3) is 0.429. The van der Waals surface area contributed by atoms with Gasteiger partial charge in [-0.1, -0.05) is 43.3 Å². The number of aryl methyl sites for hydroxylation is 1. The Bertz CT molecular complexity index is 691. The van der Waals surface area contributed by atoms with Crippen LogP contribution in [0.3, 0.4) is 0 Å². The van der Waals surface area contributed by atoms with Crippen LogP contribution in [0.5, 0.6) is 5.75 Å². The fourth-order valence-electron chi connectivity index (χ4n) is 3.55. The smallest absolute Gasteiger partial charge is 0.128 e. The lowest BCUT2D eigenvalue weighted by Crippen LogP contribution is -3.12. The Hall–Kier alpha value is -1.84. The van der Waals surface area contributed by atoms with Gasteiger partial charge in [0.15, 0.2) is 0 Å². The number of hydrogen-bond donors (Lipinski definition) is 2. The molecule has 0 amide bonds. The van der Waals surface area contributed by atoms with Crippen molar-refractivity contribution in [2.24, 2.45) is 0 Å². The van der Waals surface area contributed by atoms with Crippen LogP contribution in [0.1, 0.15) is 40.7 Å². The summed E-state index contributed by atoms with van der Waals surface area (Å²) in [6, 6.07) is 12.6. The molecule has 3 heteroatoms. The zero-order valence-electron chi connectivity index (χ0n) is 14.9. The first-order valence-corrected chi connectivity index (χ1v) is 8.86. The van der Waals surface area contributed by atoms with Crippen molar-refractivity contribution in [2.45, 2.75) is 33.2 Å². The number of phenols is 1. The normalized spacial score (nSPS) is 17.0. The van der Waals surface area contributed by atoms with E-state index in [1.54, 1.807) is 0 Å². The van der Waals surface area contributed by atoms with Crippen molar-refractivity contribution in [1.82, 2.24) is 0 Å². The summed E-state index contributed by atoms with van der Waals surface area (Å²) in [6.07, 6.45) is 0. The standard InChI is InChI=1S/C21H27NO2/c1-15-13-19(17(3)18-7-5-4-6-8-18)21(23)20(16(15)2)14-22-9-11-24-12-10-22/h4-8,13,17,23H,9-12,14H2,1-3H3/p+1/t17-/m0/s1. The average molecular weight is 326 g/mol. The summed E-state index contributed by atoms with van der Waals surface area (Å²) >= 11 is 0. The minimum Gasteiger partial charge on any atom is -0.507 e. The maximum atomic E-state index is 11.0. The summed E-state index contributed by atoms with van der Waals surface area (Å²) < 4.78 is 5.46. The van der Waals surface area contributed by atoms with Crippen molar-refractivity contribution in [1.29, 1.82) is 0 Å². The molecule has 3 nitrogen and oxygen atoms in total. The van der Waals surface area contributed by atoms with E-state index < -0.39 is 0 Å². The molecule has 1 aliphatic heterocycles. The van der Waals surface area contributed by atoms with E-state index in [2.05, 4.69) is 51.1 Å². The van der Waals surface area contributed by atoms with Crippen molar-refractivity contribution in [3.8, 4) is 5.75 Å². The summed E-state index contributed by atoms with van der Waals surface area (Å²) in [7, 11) is 0. The molecular weight excluding hydrogens is 298 g/mol. The van der Waals surface area contributed by atoms with E-state index in [0.717, 1.165) is 44.0 Å². The zero-order valence-corrected chi connectivity index (χ0v) is 14.9. The number of nitrogens with one attached hydrogen (secondary N) is 1. The third-order valence-corrected chi connectivity index (χ3v) is 5.37. The predicted molar refractivity (Wildman–Crippen MR) is 96.8 cm³/mol. The molecule has 0 bridgehead atoms. The highest BCUT2D eigenvalue weighted by Crippen LogP contribution is 2.36. The molecule has 3 rings (SSSR count). The molecule has 0 aromatic heterocycles. The number of hydrogen-bond acceptors (Lipinski definition) is 2. The fourth-order valence-corrected chi connectivity index (χ4v) is 3.55. The van der Waals surface area contributed by atoms with Crippen LogP contribution >= 0.6 is 0 Å². The molecule has 1 saturated heterocycles. The molecule has 1 aliphatic rings. The van der Waals surface area contributed by atoms with Gasteiger partial charge in [-0.05, 0) is 30.5 Å². The largest absolute Gasteiger partial charge is 0.507 e. The van der Waals surface area contributed by atoms with Crippen molar-refractivity contribution < 1.29 is 14.7 Å². The van der Waals surface area contributed by atoms with Crippen LogP contribution in [0.2, 0.25) is 0 Å². The maximum Gasteiger partial charge on any atom is 0.128 e. The molecule has 2 aromatic carbocycles.